The van der Waals surface area contributed by atoms with Crippen LogP contribution in [0.2, 0.25) is 0 Å². The van der Waals surface area contributed by atoms with E-state index in [-0.39, 0.29) is 5.92 Å². The smallest absolute Gasteiger partial charge is 0.290 e. The number of methoxy groups -OCH3 is 1. The van der Waals surface area contributed by atoms with Gasteiger partial charge in [-0.2, -0.15) is 5.26 Å². The third kappa shape index (κ3) is 3.63. The molecule has 1 aliphatic rings. The summed E-state index contributed by atoms with van der Waals surface area (Å²) in [4.78, 5) is 7.22. The maximum Gasteiger partial charge on any atom is 0.290 e. The van der Waals surface area contributed by atoms with E-state index < -0.39 is 0 Å². The molecule has 2 heterocycles. The van der Waals surface area contributed by atoms with Gasteiger partial charge in [0.2, 0.25) is 0 Å². The Hall–Kier alpha value is -2.66. The number of benzene rings is 1. The zero-order valence-corrected chi connectivity index (χ0v) is 13.6. The van der Waals surface area contributed by atoms with Crippen LogP contribution >= 0.6 is 0 Å². The van der Waals surface area contributed by atoms with E-state index >= 15 is 0 Å². The summed E-state index contributed by atoms with van der Waals surface area (Å²) in [5.41, 5.74) is 0.944. The minimum atomic E-state index is 0.163. The number of nitriles is 1. The van der Waals surface area contributed by atoms with Gasteiger partial charge >= 0.3 is 0 Å². The molecule has 0 spiro atoms. The summed E-state index contributed by atoms with van der Waals surface area (Å²) >= 11 is 0. The number of hydrogen-bond donors (Lipinski definition) is 1. The first-order valence-electron chi connectivity index (χ1n) is 8.01. The first-order valence-corrected chi connectivity index (χ1v) is 8.01. The Morgan fingerprint density at radius 3 is 3.17 bits per heavy atom. The van der Waals surface area contributed by atoms with Crippen molar-refractivity contribution >= 4 is 17.0 Å². The van der Waals surface area contributed by atoms with E-state index in [0.29, 0.717) is 34.1 Å². The quantitative estimate of drug-likeness (QED) is 0.478. The van der Waals surface area contributed by atoms with E-state index in [9.17, 15) is 5.21 Å². The Labute approximate surface area is 140 Å². The number of fused-ring (bicyclic) bond motifs is 1. The van der Waals surface area contributed by atoms with Crippen molar-refractivity contribution < 1.29 is 9.58 Å². The van der Waals surface area contributed by atoms with E-state index in [0.717, 1.165) is 32.5 Å². The van der Waals surface area contributed by atoms with Gasteiger partial charge in [-0.15, -0.1) is 0 Å². The predicted octanol–water partition coefficient (Wildman–Crippen LogP) is 0.919. The molecular formula is C16H20N6O2. The second-order valence-electron chi connectivity index (χ2n) is 5.86. The second kappa shape index (κ2) is 7.27. The summed E-state index contributed by atoms with van der Waals surface area (Å²) in [7, 11) is 1.57. The first kappa shape index (κ1) is 16.2. The predicted molar refractivity (Wildman–Crippen MR) is 88.3 cm³/mol. The van der Waals surface area contributed by atoms with Gasteiger partial charge in [-0.1, -0.05) is 0 Å². The van der Waals surface area contributed by atoms with Crippen LogP contribution in [0.25, 0.3) is 11.0 Å². The monoisotopic (exact) mass is 328 g/mol. The molecule has 1 aromatic heterocycles. The van der Waals surface area contributed by atoms with Crippen LogP contribution in [0.3, 0.4) is 0 Å². The van der Waals surface area contributed by atoms with Gasteiger partial charge in [-0.05, 0) is 36.8 Å². The van der Waals surface area contributed by atoms with Gasteiger partial charge in [0.25, 0.3) is 11.5 Å². The number of ether oxygens (including phenoxy) is 1. The first-order chi connectivity index (χ1) is 11.7. The van der Waals surface area contributed by atoms with Crippen LogP contribution in [-0.2, 0) is 0 Å². The highest BCUT2D eigenvalue weighted by Gasteiger charge is 2.21. The minimum Gasteiger partial charge on any atom is -0.594 e. The summed E-state index contributed by atoms with van der Waals surface area (Å²) in [5.74, 6) is 1.12. The Balaban J connectivity index is 1.56. The van der Waals surface area contributed by atoms with E-state index in [1.807, 2.05) is 0 Å². The van der Waals surface area contributed by atoms with Gasteiger partial charge in [0.05, 0.1) is 24.2 Å². The summed E-state index contributed by atoms with van der Waals surface area (Å²) < 4.78 is 5.15. The Kier molecular flexibility index (Phi) is 4.91. The molecule has 0 saturated carbocycles. The number of aromatic nitrogens is 3. The number of nitrogens with one attached hydrogen (secondary N) is 1. The fourth-order valence-corrected chi connectivity index (χ4v) is 2.88. The van der Waals surface area contributed by atoms with E-state index in [1.165, 1.54) is 0 Å². The van der Waals surface area contributed by atoms with E-state index in [4.69, 9.17) is 10.00 Å². The van der Waals surface area contributed by atoms with E-state index in [2.05, 4.69) is 26.4 Å². The van der Waals surface area contributed by atoms with Gasteiger partial charge < -0.3 is 20.2 Å². The molecule has 126 valence electrons. The van der Waals surface area contributed by atoms with Crippen molar-refractivity contribution in [3.05, 3.63) is 23.4 Å². The molecule has 1 fully saturated rings. The highest BCUT2D eigenvalue weighted by atomic mass is 16.5. The van der Waals surface area contributed by atoms with E-state index in [1.54, 1.807) is 25.3 Å². The number of likely N-dealkylation sites (tertiary alicyclic amines) is 1. The van der Waals surface area contributed by atoms with Crippen molar-refractivity contribution in [3.63, 3.8) is 0 Å². The highest BCUT2D eigenvalue weighted by Crippen LogP contribution is 2.17. The maximum absolute atomic E-state index is 12.0. The lowest BCUT2D eigenvalue weighted by Crippen LogP contribution is -2.34. The molecular weight excluding hydrogens is 308 g/mol. The molecule has 2 aromatic rings. The maximum atomic E-state index is 12.0. The van der Waals surface area contributed by atoms with Gasteiger partial charge in [0, 0.05) is 25.2 Å². The van der Waals surface area contributed by atoms with Gasteiger partial charge in [0.15, 0.2) is 0 Å². The molecule has 1 aromatic carbocycles. The van der Waals surface area contributed by atoms with Crippen molar-refractivity contribution in [1.29, 1.82) is 5.26 Å². The van der Waals surface area contributed by atoms with Crippen molar-refractivity contribution in [2.45, 2.75) is 12.8 Å². The number of hydrogen-bond acceptors (Lipinski definition) is 7. The third-order valence-electron chi connectivity index (χ3n) is 4.19. The Morgan fingerprint density at radius 2 is 2.42 bits per heavy atom. The standard InChI is InChI=1S/C16H20N6O2/c1-24-13-3-4-15-14(9-13)19-16(20-22(15)23)18-6-2-7-21-8-5-12(10-17)11-21/h3-4,9,12H,2,5-8,11H2,1H3,(H,18,19,20). The Morgan fingerprint density at radius 1 is 1.54 bits per heavy atom. The average molecular weight is 328 g/mol. The molecule has 0 aliphatic carbocycles. The lowest BCUT2D eigenvalue weighted by atomic mass is 10.1. The SMILES string of the molecule is COc1ccc2c(c1)nc(NCCCN1CCC(C#N)C1)n[n+]2[O-]. The number of rotatable bonds is 6. The molecule has 3 rings (SSSR count). The van der Waals surface area contributed by atoms with Gasteiger partial charge in [-0.3, -0.25) is 0 Å². The molecule has 0 amide bonds. The zero-order chi connectivity index (χ0) is 16.9. The summed E-state index contributed by atoms with van der Waals surface area (Å²) in [6.07, 6.45) is 1.85. The lowest BCUT2D eigenvalue weighted by molar-refractivity contribution is -0.641. The van der Waals surface area contributed by atoms with Crippen LogP contribution in [0.5, 0.6) is 5.75 Å². The topological polar surface area (TPSA) is 101 Å². The van der Waals surface area contributed by atoms with Crippen molar-refractivity contribution in [2.75, 3.05) is 38.6 Å². The molecule has 1 unspecified atom stereocenters. The fraction of sp³-hybridized carbons (Fsp3) is 0.500. The lowest BCUT2D eigenvalue weighted by Gasteiger charge is -2.14. The average Bonchev–Trinajstić information content (AvgIpc) is 3.06. The normalized spacial score (nSPS) is 17.8. The fourth-order valence-electron chi connectivity index (χ4n) is 2.88. The summed E-state index contributed by atoms with van der Waals surface area (Å²) in [6, 6.07) is 7.38. The third-order valence-corrected chi connectivity index (χ3v) is 4.19. The Bertz CT molecular complexity index is 760. The van der Waals surface area contributed by atoms with Crippen LogP contribution in [0.4, 0.5) is 5.95 Å². The molecule has 1 N–H and O–H groups in total. The molecule has 8 heteroatoms. The van der Waals surface area contributed by atoms with Crippen molar-refractivity contribution in [2.24, 2.45) is 5.92 Å². The van der Waals surface area contributed by atoms with Crippen LogP contribution in [0.15, 0.2) is 18.2 Å². The van der Waals surface area contributed by atoms with Gasteiger partial charge in [-0.25, -0.2) is 4.98 Å². The van der Waals surface area contributed by atoms with Crippen molar-refractivity contribution in [3.8, 4) is 11.8 Å². The van der Waals surface area contributed by atoms with Gasteiger partial charge in [0.1, 0.15) is 11.3 Å². The van der Waals surface area contributed by atoms with Crippen LogP contribution < -0.4 is 14.9 Å². The molecule has 24 heavy (non-hydrogen) atoms. The van der Waals surface area contributed by atoms with Crippen LogP contribution in [0.1, 0.15) is 12.8 Å². The zero-order valence-electron chi connectivity index (χ0n) is 13.6. The number of nitrogens with zero attached hydrogens (tertiary/aromatic N) is 5. The second-order valence-corrected chi connectivity index (χ2v) is 5.86. The summed E-state index contributed by atoms with van der Waals surface area (Å²) in [5, 5.41) is 27.8. The minimum absolute atomic E-state index is 0.163. The number of anilines is 1. The molecule has 0 bridgehead atoms. The molecule has 1 saturated heterocycles. The van der Waals surface area contributed by atoms with Crippen molar-refractivity contribution in [1.82, 2.24) is 15.0 Å². The summed E-state index contributed by atoms with van der Waals surface area (Å²) in [6.45, 7) is 3.42. The molecule has 1 atom stereocenters. The molecule has 0 radical (unpaired) electrons. The van der Waals surface area contributed by atoms with Crippen LogP contribution in [0, 0.1) is 22.5 Å². The molecule has 8 nitrogen and oxygen atoms in total. The molecule has 1 aliphatic heterocycles. The largest absolute Gasteiger partial charge is 0.594 e. The highest BCUT2D eigenvalue weighted by molar-refractivity contribution is 5.73. The van der Waals surface area contributed by atoms with Crippen LogP contribution in [-0.4, -0.2) is 48.3 Å².